The van der Waals surface area contributed by atoms with Crippen LogP contribution in [0.1, 0.15) is 72.7 Å². The number of allylic oxidation sites excluding steroid dienone is 3. The predicted octanol–water partition coefficient (Wildman–Crippen LogP) is 5.27. The second kappa shape index (κ2) is 17.3. The topological polar surface area (TPSA) is 155 Å². The average Bonchev–Trinajstić information content (AvgIpc) is 3.89. The summed E-state index contributed by atoms with van der Waals surface area (Å²) in [6.07, 6.45) is 7.71. The van der Waals surface area contributed by atoms with Gasteiger partial charge in [-0.3, -0.25) is 4.79 Å². The number of carbonyl (C=O) groups excluding carboxylic acids is 3. The molecule has 0 aliphatic carbocycles. The Morgan fingerprint density at radius 1 is 1.13 bits per heavy atom. The second-order valence-electron chi connectivity index (χ2n) is 15.3. The monoisotopic (exact) mass is 734 g/mol. The van der Waals surface area contributed by atoms with Gasteiger partial charge in [-0.2, -0.15) is 0 Å². The van der Waals surface area contributed by atoms with Crippen molar-refractivity contribution in [2.24, 2.45) is 22.2 Å². The normalized spacial score (nSPS) is 32.0. The SMILES string of the molecule is COC/C=C/C(C)=C1/CO[C@H](CC(C)C)/C1=C\[C@@H]1N=C2O[C@@H]1COC(=O)/C(CC(C)C)=C/C(=O)O[C@H]1[C@H](OC(=O)[C@]1(C)CO)/C(C)=C/Cc1ccc2[nH]1. The van der Waals surface area contributed by atoms with Crippen LogP contribution in [0.4, 0.5) is 0 Å². The van der Waals surface area contributed by atoms with Crippen LogP contribution in [0.2, 0.25) is 0 Å². The van der Waals surface area contributed by atoms with E-state index >= 15 is 0 Å². The fourth-order valence-electron chi connectivity index (χ4n) is 6.91. The highest BCUT2D eigenvalue weighted by Gasteiger charge is 2.57. The summed E-state index contributed by atoms with van der Waals surface area (Å²) in [6.45, 7) is 13.7. The van der Waals surface area contributed by atoms with Gasteiger partial charge < -0.3 is 38.5 Å². The fourth-order valence-corrected chi connectivity index (χ4v) is 6.91. The van der Waals surface area contributed by atoms with E-state index in [0.29, 0.717) is 42.7 Å². The maximum Gasteiger partial charge on any atom is 0.334 e. The lowest BCUT2D eigenvalue weighted by molar-refractivity contribution is -0.153. The third kappa shape index (κ3) is 9.28. The van der Waals surface area contributed by atoms with Crippen molar-refractivity contribution in [3.63, 3.8) is 0 Å². The molecule has 4 aliphatic heterocycles. The van der Waals surface area contributed by atoms with Gasteiger partial charge >= 0.3 is 17.9 Å². The van der Waals surface area contributed by atoms with E-state index in [0.717, 1.165) is 34.9 Å². The number of aliphatic imine (C=N–C) groups is 1. The van der Waals surface area contributed by atoms with E-state index in [9.17, 15) is 19.5 Å². The molecule has 12 nitrogen and oxygen atoms in total. The Hall–Kier alpha value is -4.26. The molecule has 5 rings (SSSR count). The molecule has 5 heterocycles. The van der Waals surface area contributed by atoms with Crippen LogP contribution < -0.4 is 0 Å². The van der Waals surface area contributed by atoms with Gasteiger partial charge in [-0.1, -0.05) is 45.9 Å². The molecule has 0 saturated carbocycles. The number of esters is 3. The van der Waals surface area contributed by atoms with E-state index < -0.39 is 54.3 Å². The average molecular weight is 735 g/mol. The van der Waals surface area contributed by atoms with Crippen LogP contribution in [-0.4, -0.2) is 97.9 Å². The van der Waals surface area contributed by atoms with Crippen molar-refractivity contribution >= 4 is 23.8 Å². The minimum atomic E-state index is -1.49. The summed E-state index contributed by atoms with van der Waals surface area (Å²) >= 11 is 0. The van der Waals surface area contributed by atoms with Crippen LogP contribution in [0.15, 0.2) is 75.4 Å². The summed E-state index contributed by atoms with van der Waals surface area (Å²) in [5.74, 6) is -1.44. The zero-order valence-electron chi connectivity index (χ0n) is 32.1. The zero-order chi connectivity index (χ0) is 38.4. The number of fused-ring (bicyclic) bond motifs is 6. The number of aliphatic hydroxyl groups excluding tert-OH is 1. The van der Waals surface area contributed by atoms with E-state index in [-0.39, 0.29) is 30.6 Å². The molecule has 4 bridgehead atoms. The van der Waals surface area contributed by atoms with Gasteiger partial charge in [-0.05, 0) is 85.9 Å². The first-order valence-corrected chi connectivity index (χ1v) is 18.4. The van der Waals surface area contributed by atoms with Gasteiger partial charge in [0.25, 0.3) is 0 Å². The smallest absolute Gasteiger partial charge is 0.334 e. The predicted molar refractivity (Wildman–Crippen MR) is 198 cm³/mol. The number of nitrogens with zero attached hydrogens (tertiary/aromatic N) is 1. The number of cyclic esters (lactones) is 1. The van der Waals surface area contributed by atoms with E-state index in [1.54, 1.807) is 14.0 Å². The first-order valence-electron chi connectivity index (χ1n) is 18.4. The minimum absolute atomic E-state index is 0.000324. The number of aromatic nitrogens is 1. The molecule has 4 aliphatic rings. The molecule has 2 fully saturated rings. The number of carbonyl (C=O) groups is 3. The molecule has 0 spiro atoms. The number of hydrogen-bond acceptors (Lipinski definition) is 11. The summed E-state index contributed by atoms with van der Waals surface area (Å²) in [4.78, 5) is 48.5. The maximum absolute atomic E-state index is 13.7. The number of aromatic amines is 1. The lowest BCUT2D eigenvalue weighted by Crippen LogP contribution is -2.43. The van der Waals surface area contributed by atoms with Crippen molar-refractivity contribution in [2.45, 2.75) is 98.2 Å². The van der Waals surface area contributed by atoms with Crippen molar-refractivity contribution < 1.29 is 47.9 Å². The summed E-state index contributed by atoms with van der Waals surface area (Å²) in [5, 5.41) is 10.2. The number of methoxy groups -OCH3 is 1. The molecular formula is C41H54N2O10. The number of nitrogens with one attached hydrogen (secondary N) is 1. The lowest BCUT2D eigenvalue weighted by Gasteiger charge is -2.27. The van der Waals surface area contributed by atoms with Crippen LogP contribution in [0.5, 0.6) is 0 Å². The van der Waals surface area contributed by atoms with Gasteiger partial charge in [-0.15, -0.1) is 0 Å². The molecule has 1 aromatic heterocycles. The highest BCUT2D eigenvalue weighted by atomic mass is 16.6. The summed E-state index contributed by atoms with van der Waals surface area (Å²) in [5.41, 5.74) is 3.93. The van der Waals surface area contributed by atoms with Crippen molar-refractivity contribution in [3.8, 4) is 0 Å². The van der Waals surface area contributed by atoms with Gasteiger partial charge in [-0.25, -0.2) is 14.6 Å². The van der Waals surface area contributed by atoms with Crippen LogP contribution in [0, 0.1) is 17.3 Å². The number of aliphatic hydroxyl groups is 1. The van der Waals surface area contributed by atoms with Crippen LogP contribution in [0.3, 0.4) is 0 Å². The molecule has 288 valence electrons. The van der Waals surface area contributed by atoms with E-state index in [4.69, 9.17) is 33.4 Å². The standard InChI is InChI=1S/C41H54N2O10/c1-23(2)16-27-18-35(45)52-37-36(53-40(47)41(37,7)22-44)26(6)11-12-28-13-14-31(42-28)38-43-32(34(51-38)21-50-39(27)46)19-29-30(25(5)10-9-15-48-8)20-49-33(29)17-24(3)4/h9-11,13-14,18-19,23-24,32-34,36-37,42,44H,12,15-17,20-22H2,1-8H3/b10-9+,26-11+,27-18+,29-19-,30-25-/t32-,33+,34+,36+,37-,41+/m0/s1. The largest absolute Gasteiger partial charge is 0.467 e. The molecule has 53 heavy (non-hydrogen) atoms. The number of H-pyrrole nitrogens is 1. The Balaban J connectivity index is 1.55. The van der Waals surface area contributed by atoms with E-state index in [1.807, 2.05) is 44.2 Å². The highest BCUT2D eigenvalue weighted by molar-refractivity contribution is 5.97. The third-order valence-corrected chi connectivity index (χ3v) is 9.98. The van der Waals surface area contributed by atoms with E-state index in [2.05, 4.69) is 31.8 Å². The number of rotatable bonds is 9. The molecule has 12 heteroatoms. The number of ether oxygens (including phenoxy) is 6. The Morgan fingerprint density at radius 2 is 1.91 bits per heavy atom. The highest BCUT2D eigenvalue weighted by Crippen LogP contribution is 2.40. The van der Waals surface area contributed by atoms with Crippen molar-refractivity contribution in [1.29, 1.82) is 0 Å². The molecule has 2 N–H and O–H groups in total. The van der Waals surface area contributed by atoms with Crippen molar-refractivity contribution in [1.82, 2.24) is 4.98 Å². The first kappa shape index (κ1) is 39.9. The quantitative estimate of drug-likeness (QED) is 0.195. The Labute approximate surface area is 312 Å². The van der Waals surface area contributed by atoms with Gasteiger partial charge in [0.1, 0.15) is 23.8 Å². The second-order valence-corrected chi connectivity index (χ2v) is 15.3. The van der Waals surface area contributed by atoms with Crippen molar-refractivity contribution in [2.75, 3.05) is 33.5 Å². The fraction of sp³-hybridized carbons (Fsp3) is 0.561. The van der Waals surface area contributed by atoms with Gasteiger partial charge in [0.2, 0.25) is 5.90 Å². The molecular weight excluding hydrogens is 680 g/mol. The third-order valence-electron chi connectivity index (χ3n) is 9.98. The zero-order valence-corrected chi connectivity index (χ0v) is 32.1. The van der Waals surface area contributed by atoms with Crippen LogP contribution >= 0.6 is 0 Å². The van der Waals surface area contributed by atoms with Crippen LogP contribution in [0.25, 0.3) is 0 Å². The minimum Gasteiger partial charge on any atom is -0.467 e. The molecule has 1 aromatic rings. The Morgan fingerprint density at radius 3 is 2.60 bits per heavy atom. The number of hydrogen-bond donors (Lipinski definition) is 2. The first-order chi connectivity index (χ1) is 25.2. The Bertz CT molecular complexity index is 1730. The molecule has 0 unspecified atom stereocenters. The molecule has 0 aromatic carbocycles. The van der Waals surface area contributed by atoms with Crippen LogP contribution in [-0.2, 0) is 49.2 Å². The molecule has 6 atom stereocenters. The van der Waals surface area contributed by atoms with Crippen molar-refractivity contribution in [3.05, 3.63) is 81.8 Å². The molecule has 2 saturated heterocycles. The Kier molecular flexibility index (Phi) is 13.0. The maximum atomic E-state index is 13.7. The van der Waals surface area contributed by atoms with E-state index in [1.165, 1.54) is 6.92 Å². The summed E-state index contributed by atoms with van der Waals surface area (Å²) < 4.78 is 35.4. The van der Waals surface area contributed by atoms with Gasteiger partial charge in [0.05, 0.1) is 25.9 Å². The van der Waals surface area contributed by atoms with Gasteiger partial charge in [0, 0.05) is 30.9 Å². The summed E-state index contributed by atoms with van der Waals surface area (Å²) in [7, 11) is 1.66. The lowest BCUT2D eigenvalue weighted by atomic mass is 9.83. The molecule has 0 amide bonds. The van der Waals surface area contributed by atoms with Gasteiger partial charge in [0.15, 0.2) is 18.3 Å². The summed E-state index contributed by atoms with van der Waals surface area (Å²) in [6, 6.07) is 3.28. The molecule has 0 radical (unpaired) electrons.